The van der Waals surface area contributed by atoms with Gasteiger partial charge in [-0.2, -0.15) is 0 Å². The van der Waals surface area contributed by atoms with Gasteiger partial charge in [0.2, 0.25) is 0 Å². The van der Waals surface area contributed by atoms with Gasteiger partial charge < -0.3 is 10.2 Å². The first kappa shape index (κ1) is 13.9. The van der Waals surface area contributed by atoms with Crippen molar-refractivity contribution in [1.29, 1.82) is 0 Å². The molecule has 96 valence electrons. The Labute approximate surface area is 104 Å². The van der Waals surface area contributed by atoms with E-state index in [1.165, 1.54) is 12.8 Å². The molecule has 0 fully saturated rings. The largest absolute Gasteiger partial charge is 0.370 e. The number of nitrogens with one attached hydrogen (secondary N) is 1. The van der Waals surface area contributed by atoms with Gasteiger partial charge in [-0.15, -0.1) is 0 Å². The van der Waals surface area contributed by atoms with E-state index in [-0.39, 0.29) is 0 Å². The smallest absolute Gasteiger partial charge is 0.129 e. The van der Waals surface area contributed by atoms with E-state index in [2.05, 4.69) is 41.1 Å². The van der Waals surface area contributed by atoms with Crippen LogP contribution in [0, 0.1) is 6.92 Å². The summed E-state index contributed by atoms with van der Waals surface area (Å²) in [4.78, 5) is 10.6. The molecule has 4 nitrogen and oxygen atoms in total. The zero-order chi connectivity index (χ0) is 12.7. The van der Waals surface area contributed by atoms with Crippen LogP contribution in [0.1, 0.15) is 32.4 Å². The minimum atomic E-state index is 0.632. The SMILES string of the molecule is Cc1cc(NCCCCN(C)C(C)C)ncn1. The molecular weight excluding hydrogens is 212 g/mol. The summed E-state index contributed by atoms with van der Waals surface area (Å²) in [6.07, 6.45) is 3.98. The Bertz CT molecular complexity index is 325. The Hall–Kier alpha value is -1.16. The second kappa shape index (κ2) is 7.22. The maximum atomic E-state index is 4.17. The first-order valence-corrected chi connectivity index (χ1v) is 6.32. The number of aromatic nitrogens is 2. The van der Waals surface area contributed by atoms with Crippen LogP contribution in [0.3, 0.4) is 0 Å². The van der Waals surface area contributed by atoms with Gasteiger partial charge in [-0.25, -0.2) is 9.97 Å². The fraction of sp³-hybridized carbons (Fsp3) is 0.692. The maximum absolute atomic E-state index is 4.17. The van der Waals surface area contributed by atoms with Gasteiger partial charge >= 0.3 is 0 Å². The predicted molar refractivity (Wildman–Crippen MR) is 72.3 cm³/mol. The molecule has 4 heteroatoms. The number of nitrogens with zero attached hydrogens (tertiary/aromatic N) is 3. The van der Waals surface area contributed by atoms with E-state index in [0.717, 1.165) is 24.6 Å². The number of aryl methyl sites for hydroxylation is 1. The minimum absolute atomic E-state index is 0.632. The lowest BCUT2D eigenvalue weighted by molar-refractivity contribution is 0.269. The van der Waals surface area contributed by atoms with Gasteiger partial charge in [0.25, 0.3) is 0 Å². The lowest BCUT2D eigenvalue weighted by Gasteiger charge is -2.20. The highest BCUT2D eigenvalue weighted by Gasteiger charge is 2.01. The Morgan fingerprint density at radius 2 is 2.06 bits per heavy atom. The van der Waals surface area contributed by atoms with Crippen molar-refractivity contribution in [3.63, 3.8) is 0 Å². The molecule has 0 saturated carbocycles. The van der Waals surface area contributed by atoms with Crippen LogP contribution in [0.25, 0.3) is 0 Å². The summed E-state index contributed by atoms with van der Waals surface area (Å²) >= 11 is 0. The molecule has 1 aromatic heterocycles. The molecule has 1 N–H and O–H groups in total. The van der Waals surface area contributed by atoms with E-state index in [9.17, 15) is 0 Å². The van der Waals surface area contributed by atoms with Crippen molar-refractivity contribution in [1.82, 2.24) is 14.9 Å². The molecule has 0 saturated heterocycles. The topological polar surface area (TPSA) is 41.0 Å². The number of hydrogen-bond acceptors (Lipinski definition) is 4. The Balaban J connectivity index is 2.12. The highest BCUT2D eigenvalue weighted by molar-refractivity contribution is 5.33. The van der Waals surface area contributed by atoms with Crippen LogP contribution in [-0.4, -0.2) is 41.0 Å². The van der Waals surface area contributed by atoms with Crippen LogP contribution < -0.4 is 5.32 Å². The quantitative estimate of drug-likeness (QED) is 0.738. The molecule has 0 atom stereocenters. The van der Waals surface area contributed by atoms with E-state index in [4.69, 9.17) is 0 Å². The number of anilines is 1. The fourth-order valence-electron chi connectivity index (χ4n) is 1.51. The van der Waals surface area contributed by atoms with Crippen molar-refractivity contribution >= 4 is 5.82 Å². The van der Waals surface area contributed by atoms with Crippen LogP contribution >= 0.6 is 0 Å². The first-order chi connectivity index (χ1) is 8.09. The van der Waals surface area contributed by atoms with Crippen LogP contribution in [-0.2, 0) is 0 Å². The van der Waals surface area contributed by atoms with Crippen molar-refractivity contribution in [2.24, 2.45) is 0 Å². The molecule has 0 spiro atoms. The molecule has 0 aliphatic heterocycles. The molecule has 0 amide bonds. The highest BCUT2D eigenvalue weighted by Crippen LogP contribution is 2.03. The van der Waals surface area contributed by atoms with Gasteiger partial charge in [0.1, 0.15) is 12.1 Å². The molecule has 1 rings (SSSR count). The lowest BCUT2D eigenvalue weighted by Crippen LogP contribution is -2.27. The number of unbranched alkanes of at least 4 members (excludes halogenated alkanes) is 1. The van der Waals surface area contributed by atoms with Gasteiger partial charge in [-0.3, -0.25) is 0 Å². The van der Waals surface area contributed by atoms with Crippen molar-refractivity contribution in [3.05, 3.63) is 18.1 Å². The third kappa shape index (κ3) is 5.63. The van der Waals surface area contributed by atoms with Gasteiger partial charge in [0.15, 0.2) is 0 Å². The van der Waals surface area contributed by atoms with Gasteiger partial charge in [-0.1, -0.05) is 0 Å². The lowest BCUT2D eigenvalue weighted by atomic mass is 10.2. The maximum Gasteiger partial charge on any atom is 0.129 e. The van der Waals surface area contributed by atoms with E-state index in [0.29, 0.717) is 6.04 Å². The summed E-state index contributed by atoms with van der Waals surface area (Å²) < 4.78 is 0. The molecule has 0 radical (unpaired) electrons. The van der Waals surface area contributed by atoms with E-state index in [1.54, 1.807) is 6.33 Å². The van der Waals surface area contributed by atoms with Crippen molar-refractivity contribution < 1.29 is 0 Å². The molecular formula is C13H24N4. The average molecular weight is 236 g/mol. The second-order valence-electron chi connectivity index (χ2n) is 4.75. The van der Waals surface area contributed by atoms with E-state index in [1.807, 2.05) is 13.0 Å². The third-order valence-electron chi connectivity index (χ3n) is 2.93. The van der Waals surface area contributed by atoms with Crippen LogP contribution in [0.2, 0.25) is 0 Å². The predicted octanol–water partition coefficient (Wildman–Crippen LogP) is 2.32. The van der Waals surface area contributed by atoms with E-state index < -0.39 is 0 Å². The van der Waals surface area contributed by atoms with Crippen LogP contribution in [0.4, 0.5) is 5.82 Å². The standard InChI is InChI=1S/C13H24N4/c1-11(2)17(4)8-6-5-7-14-13-9-12(3)15-10-16-13/h9-11H,5-8H2,1-4H3,(H,14,15,16). The molecule has 0 aliphatic carbocycles. The van der Waals surface area contributed by atoms with Crippen molar-refractivity contribution in [2.45, 2.75) is 39.7 Å². The van der Waals surface area contributed by atoms with E-state index >= 15 is 0 Å². The highest BCUT2D eigenvalue weighted by atomic mass is 15.1. The molecule has 0 bridgehead atoms. The Kier molecular flexibility index (Phi) is 5.91. The van der Waals surface area contributed by atoms with Gasteiger partial charge in [0, 0.05) is 24.3 Å². The Morgan fingerprint density at radius 3 is 2.71 bits per heavy atom. The molecule has 17 heavy (non-hydrogen) atoms. The summed E-state index contributed by atoms with van der Waals surface area (Å²) in [6.45, 7) is 8.55. The van der Waals surface area contributed by atoms with Crippen LogP contribution in [0.5, 0.6) is 0 Å². The van der Waals surface area contributed by atoms with Crippen molar-refractivity contribution in [3.8, 4) is 0 Å². The summed E-state index contributed by atoms with van der Waals surface area (Å²) in [5, 5.41) is 3.32. The summed E-state index contributed by atoms with van der Waals surface area (Å²) in [5.74, 6) is 0.926. The molecule has 0 unspecified atom stereocenters. The molecule has 1 heterocycles. The van der Waals surface area contributed by atoms with Crippen LogP contribution in [0.15, 0.2) is 12.4 Å². The summed E-state index contributed by atoms with van der Waals surface area (Å²) in [5.41, 5.74) is 1.00. The van der Waals surface area contributed by atoms with Gasteiger partial charge in [0.05, 0.1) is 0 Å². The summed E-state index contributed by atoms with van der Waals surface area (Å²) in [6, 6.07) is 2.60. The Morgan fingerprint density at radius 1 is 1.29 bits per heavy atom. The second-order valence-corrected chi connectivity index (χ2v) is 4.75. The normalized spacial score (nSPS) is 11.2. The zero-order valence-electron chi connectivity index (χ0n) is 11.4. The zero-order valence-corrected chi connectivity index (χ0v) is 11.4. The minimum Gasteiger partial charge on any atom is -0.370 e. The summed E-state index contributed by atoms with van der Waals surface area (Å²) in [7, 11) is 2.17. The molecule has 0 aliphatic rings. The number of hydrogen-bond donors (Lipinski definition) is 1. The number of rotatable bonds is 7. The van der Waals surface area contributed by atoms with Crippen molar-refractivity contribution in [2.75, 3.05) is 25.5 Å². The fourth-order valence-corrected chi connectivity index (χ4v) is 1.51. The molecule has 1 aromatic rings. The first-order valence-electron chi connectivity index (χ1n) is 6.32. The molecule has 0 aromatic carbocycles. The average Bonchev–Trinajstić information content (AvgIpc) is 2.28. The van der Waals surface area contributed by atoms with Gasteiger partial charge in [-0.05, 0) is 47.2 Å². The monoisotopic (exact) mass is 236 g/mol. The third-order valence-corrected chi connectivity index (χ3v) is 2.93.